The lowest BCUT2D eigenvalue weighted by atomic mass is 10.1. The van der Waals surface area contributed by atoms with E-state index in [4.69, 9.17) is 17.3 Å². The lowest BCUT2D eigenvalue weighted by molar-refractivity contribution is 0.832. The molecule has 3 rings (SSSR count). The van der Waals surface area contributed by atoms with Crippen molar-refractivity contribution in [1.82, 2.24) is 0 Å². The third-order valence-corrected chi connectivity index (χ3v) is 7.41. The number of nitrogens with zero attached hydrogens (tertiary/aromatic N) is 1. The molecule has 1 aromatic carbocycles. The number of nitrogens with two attached hydrogens (primary N) is 1. The number of halogens is 1. The molecule has 1 aliphatic carbocycles. The second kappa shape index (κ2) is 5.55. The predicted octanol–water partition coefficient (Wildman–Crippen LogP) is 4.83. The first-order chi connectivity index (χ1) is 9.63. The van der Waals surface area contributed by atoms with Gasteiger partial charge in [-0.3, -0.25) is 0 Å². The molecule has 1 unspecified atom stereocenters. The van der Waals surface area contributed by atoms with Crippen molar-refractivity contribution in [2.24, 2.45) is 5.73 Å². The molecular formula is C15H15ClN2S2. The van der Waals surface area contributed by atoms with Gasteiger partial charge in [-0.05, 0) is 30.5 Å². The molecule has 2 nitrogen and oxygen atoms in total. The van der Waals surface area contributed by atoms with E-state index < -0.39 is 0 Å². The fourth-order valence-corrected chi connectivity index (χ4v) is 6.46. The van der Waals surface area contributed by atoms with E-state index in [0.29, 0.717) is 10.6 Å². The Labute approximate surface area is 132 Å². The monoisotopic (exact) mass is 322 g/mol. The zero-order chi connectivity index (χ0) is 14.2. The zero-order valence-electron chi connectivity index (χ0n) is 10.9. The van der Waals surface area contributed by atoms with Crippen molar-refractivity contribution in [3.8, 4) is 6.07 Å². The zero-order valence-corrected chi connectivity index (χ0v) is 13.3. The number of thioether (sulfide) groups is 2. The van der Waals surface area contributed by atoms with Crippen molar-refractivity contribution in [3.63, 3.8) is 0 Å². The average molecular weight is 323 g/mol. The Kier molecular flexibility index (Phi) is 3.94. The molecule has 0 amide bonds. The first-order valence-corrected chi connectivity index (χ1v) is 8.73. The third kappa shape index (κ3) is 2.55. The first-order valence-electron chi connectivity index (χ1n) is 6.66. The van der Waals surface area contributed by atoms with Gasteiger partial charge in [0.2, 0.25) is 0 Å². The summed E-state index contributed by atoms with van der Waals surface area (Å²) in [6.07, 6.45) is 4.85. The molecule has 0 radical (unpaired) electrons. The van der Waals surface area contributed by atoms with E-state index in [2.05, 4.69) is 6.07 Å². The Morgan fingerprint density at radius 3 is 2.50 bits per heavy atom. The van der Waals surface area contributed by atoms with Crippen LogP contribution in [0.2, 0.25) is 5.02 Å². The van der Waals surface area contributed by atoms with Gasteiger partial charge in [-0.1, -0.05) is 48.3 Å². The molecule has 1 fully saturated rings. The Bertz CT molecular complexity index is 583. The van der Waals surface area contributed by atoms with Crippen LogP contribution >= 0.6 is 35.1 Å². The Balaban J connectivity index is 2.00. The molecular weight excluding hydrogens is 308 g/mol. The molecule has 0 aromatic heterocycles. The quantitative estimate of drug-likeness (QED) is 0.805. The molecule has 2 aliphatic rings. The minimum Gasteiger partial charge on any atom is -0.393 e. The Morgan fingerprint density at radius 2 is 1.90 bits per heavy atom. The summed E-state index contributed by atoms with van der Waals surface area (Å²) in [6, 6.07) is 10.1. The summed E-state index contributed by atoms with van der Waals surface area (Å²) in [5, 5.41) is 10.9. The van der Waals surface area contributed by atoms with Crippen molar-refractivity contribution < 1.29 is 0 Å². The van der Waals surface area contributed by atoms with Crippen LogP contribution in [-0.2, 0) is 0 Å². The summed E-state index contributed by atoms with van der Waals surface area (Å²) >= 11 is 9.56. The number of nitriles is 1. The van der Waals surface area contributed by atoms with Crippen LogP contribution in [0.25, 0.3) is 0 Å². The summed E-state index contributed by atoms with van der Waals surface area (Å²) < 4.78 is 0.161. The van der Waals surface area contributed by atoms with Crippen LogP contribution in [0.4, 0.5) is 0 Å². The van der Waals surface area contributed by atoms with Crippen LogP contribution in [-0.4, -0.2) is 4.08 Å². The number of rotatable bonds is 1. The summed E-state index contributed by atoms with van der Waals surface area (Å²) in [4.78, 5) is 0. The minimum atomic E-state index is 0.0385. The topological polar surface area (TPSA) is 49.8 Å². The normalized spacial score (nSPS) is 24.9. The summed E-state index contributed by atoms with van der Waals surface area (Å²) in [5.41, 5.74) is 7.99. The van der Waals surface area contributed by atoms with Crippen LogP contribution < -0.4 is 5.73 Å². The van der Waals surface area contributed by atoms with Gasteiger partial charge >= 0.3 is 0 Å². The lowest BCUT2D eigenvalue weighted by Gasteiger charge is -2.37. The summed E-state index contributed by atoms with van der Waals surface area (Å²) in [5.74, 6) is 0. The van der Waals surface area contributed by atoms with Crippen molar-refractivity contribution in [2.75, 3.05) is 0 Å². The molecule has 1 spiro atoms. The van der Waals surface area contributed by atoms with E-state index in [1.54, 1.807) is 11.8 Å². The molecule has 104 valence electrons. The van der Waals surface area contributed by atoms with Crippen molar-refractivity contribution in [2.45, 2.75) is 35.0 Å². The van der Waals surface area contributed by atoms with Crippen LogP contribution in [0.1, 0.15) is 36.5 Å². The van der Waals surface area contributed by atoms with Gasteiger partial charge < -0.3 is 5.73 Å². The van der Waals surface area contributed by atoms with Gasteiger partial charge in [-0.25, -0.2) is 0 Å². The molecule has 1 atom stereocenters. The van der Waals surface area contributed by atoms with Gasteiger partial charge in [0, 0.05) is 5.02 Å². The van der Waals surface area contributed by atoms with Gasteiger partial charge in [0.15, 0.2) is 0 Å². The Hall–Kier alpha value is -0.760. The van der Waals surface area contributed by atoms with E-state index in [1.807, 2.05) is 36.0 Å². The number of benzene rings is 1. The van der Waals surface area contributed by atoms with Gasteiger partial charge in [0.25, 0.3) is 0 Å². The Morgan fingerprint density at radius 1 is 1.25 bits per heavy atom. The van der Waals surface area contributed by atoms with E-state index in [1.165, 1.54) is 25.7 Å². The molecule has 5 heteroatoms. The number of hydrogen-bond donors (Lipinski definition) is 1. The highest BCUT2D eigenvalue weighted by Crippen LogP contribution is 2.61. The van der Waals surface area contributed by atoms with Gasteiger partial charge in [-0.15, -0.1) is 11.8 Å². The standard InChI is InChI=1S/C15H15ClN2S2/c16-11-5-3-10(4-6-11)13-12(9-17)14(18)20-15(19-13)7-1-2-8-15/h3-6,13H,1-2,7-8,18H2. The van der Waals surface area contributed by atoms with E-state index in [0.717, 1.165) is 10.6 Å². The fraction of sp³-hybridized carbons (Fsp3) is 0.400. The van der Waals surface area contributed by atoms with Crippen molar-refractivity contribution in [3.05, 3.63) is 45.5 Å². The molecule has 1 saturated carbocycles. The van der Waals surface area contributed by atoms with Crippen molar-refractivity contribution >= 4 is 35.1 Å². The first kappa shape index (κ1) is 14.2. The lowest BCUT2D eigenvalue weighted by Crippen LogP contribution is -2.25. The predicted molar refractivity (Wildman–Crippen MR) is 87.4 cm³/mol. The van der Waals surface area contributed by atoms with Gasteiger partial charge in [0.05, 0.1) is 26.0 Å². The maximum atomic E-state index is 9.44. The van der Waals surface area contributed by atoms with Crippen LogP contribution in [0, 0.1) is 11.3 Å². The third-order valence-electron chi connectivity index (χ3n) is 3.81. The smallest absolute Gasteiger partial charge is 0.0990 e. The molecule has 20 heavy (non-hydrogen) atoms. The van der Waals surface area contributed by atoms with E-state index in [9.17, 15) is 5.26 Å². The molecule has 1 aromatic rings. The van der Waals surface area contributed by atoms with Gasteiger partial charge in [-0.2, -0.15) is 5.26 Å². The highest BCUT2D eigenvalue weighted by atomic mass is 35.5. The highest BCUT2D eigenvalue weighted by Gasteiger charge is 2.43. The number of hydrogen-bond acceptors (Lipinski definition) is 4. The maximum absolute atomic E-state index is 9.44. The molecule has 1 aliphatic heterocycles. The highest BCUT2D eigenvalue weighted by molar-refractivity contribution is 8.20. The van der Waals surface area contributed by atoms with E-state index >= 15 is 0 Å². The summed E-state index contributed by atoms with van der Waals surface area (Å²) in [6.45, 7) is 0. The largest absolute Gasteiger partial charge is 0.393 e. The summed E-state index contributed by atoms with van der Waals surface area (Å²) in [7, 11) is 0. The SMILES string of the molecule is N#CC1=C(N)SC2(CCCC2)SC1c1ccc(Cl)cc1. The molecule has 0 bridgehead atoms. The second-order valence-corrected chi connectivity index (χ2v) is 8.77. The minimum absolute atomic E-state index is 0.0385. The average Bonchev–Trinajstić information content (AvgIpc) is 2.87. The molecule has 1 heterocycles. The van der Waals surface area contributed by atoms with Crippen LogP contribution in [0.5, 0.6) is 0 Å². The van der Waals surface area contributed by atoms with Crippen molar-refractivity contribution in [1.29, 1.82) is 5.26 Å². The van der Waals surface area contributed by atoms with Crippen LogP contribution in [0.3, 0.4) is 0 Å². The molecule has 0 saturated heterocycles. The maximum Gasteiger partial charge on any atom is 0.0990 e. The van der Waals surface area contributed by atoms with Gasteiger partial charge in [0.1, 0.15) is 0 Å². The molecule has 2 N–H and O–H groups in total. The second-order valence-electron chi connectivity index (χ2n) is 5.16. The fourth-order valence-electron chi connectivity index (χ4n) is 2.80. The van der Waals surface area contributed by atoms with Crippen LogP contribution in [0.15, 0.2) is 34.9 Å². The van der Waals surface area contributed by atoms with E-state index in [-0.39, 0.29) is 9.33 Å².